The molecule has 0 aliphatic carbocycles. The summed E-state index contributed by atoms with van der Waals surface area (Å²) < 4.78 is 2.36. The molecule has 4 heteroatoms. The van der Waals surface area contributed by atoms with Crippen molar-refractivity contribution >= 4 is 27.8 Å². The van der Waals surface area contributed by atoms with Gasteiger partial charge in [-0.1, -0.05) is 24.3 Å². The Morgan fingerprint density at radius 2 is 1.96 bits per heavy atom. The third kappa shape index (κ3) is 2.91. The van der Waals surface area contributed by atoms with Gasteiger partial charge in [0.15, 0.2) is 0 Å². The average Bonchev–Trinajstić information content (AvgIpc) is 2.95. The standard InChI is InChI=1S/C21H24N2O2/c1-2-23-19-8-4-3-7-17(19)18-12-15(9-10-20(18)23)13-22-11-5-6-16(14-22)21(24)25/h3-4,7-10,12,16H,2,5-6,11,13-14H2,1H3,(H,24,25). The van der Waals surface area contributed by atoms with Gasteiger partial charge in [-0.25, -0.2) is 0 Å². The zero-order valence-electron chi connectivity index (χ0n) is 14.6. The zero-order valence-corrected chi connectivity index (χ0v) is 14.6. The summed E-state index contributed by atoms with van der Waals surface area (Å²) in [5.41, 5.74) is 3.81. The van der Waals surface area contributed by atoms with E-state index in [0.29, 0.717) is 6.54 Å². The van der Waals surface area contributed by atoms with Gasteiger partial charge >= 0.3 is 5.97 Å². The molecule has 2 heterocycles. The first-order valence-corrected chi connectivity index (χ1v) is 9.12. The molecule has 1 unspecified atom stereocenters. The summed E-state index contributed by atoms with van der Waals surface area (Å²) in [6.07, 6.45) is 1.77. The molecule has 25 heavy (non-hydrogen) atoms. The highest BCUT2D eigenvalue weighted by atomic mass is 16.4. The number of likely N-dealkylation sites (tertiary alicyclic amines) is 1. The van der Waals surface area contributed by atoms with E-state index in [1.165, 1.54) is 27.4 Å². The Labute approximate surface area is 147 Å². The molecule has 1 N–H and O–H groups in total. The van der Waals surface area contributed by atoms with E-state index in [4.69, 9.17) is 0 Å². The van der Waals surface area contributed by atoms with Crippen molar-refractivity contribution in [1.82, 2.24) is 9.47 Å². The predicted molar refractivity (Wildman–Crippen MR) is 101 cm³/mol. The van der Waals surface area contributed by atoms with Crippen LogP contribution in [0.1, 0.15) is 25.3 Å². The van der Waals surface area contributed by atoms with Gasteiger partial charge in [-0.15, -0.1) is 0 Å². The number of nitrogens with zero attached hydrogens (tertiary/aromatic N) is 2. The molecule has 0 amide bonds. The summed E-state index contributed by atoms with van der Waals surface area (Å²) in [5, 5.41) is 11.9. The number of hydrogen-bond donors (Lipinski definition) is 1. The molecule has 130 valence electrons. The average molecular weight is 336 g/mol. The summed E-state index contributed by atoms with van der Waals surface area (Å²) in [5.74, 6) is -0.884. The topological polar surface area (TPSA) is 45.5 Å². The fourth-order valence-corrected chi connectivity index (χ4v) is 4.20. The number of aromatic nitrogens is 1. The lowest BCUT2D eigenvalue weighted by Crippen LogP contribution is -2.38. The zero-order chi connectivity index (χ0) is 17.4. The van der Waals surface area contributed by atoms with Crippen LogP contribution < -0.4 is 0 Å². The fraction of sp³-hybridized carbons (Fsp3) is 0.381. The Hall–Kier alpha value is -2.33. The first-order valence-electron chi connectivity index (χ1n) is 9.12. The van der Waals surface area contributed by atoms with Crippen LogP contribution in [0.15, 0.2) is 42.5 Å². The lowest BCUT2D eigenvalue weighted by molar-refractivity contribution is -0.143. The molecular formula is C21H24N2O2. The summed E-state index contributed by atoms with van der Waals surface area (Å²) in [4.78, 5) is 13.6. The van der Waals surface area contributed by atoms with E-state index < -0.39 is 5.97 Å². The van der Waals surface area contributed by atoms with Crippen LogP contribution in [0.4, 0.5) is 0 Å². The van der Waals surface area contributed by atoms with Gasteiger partial charge in [0.05, 0.1) is 5.92 Å². The fourth-order valence-electron chi connectivity index (χ4n) is 4.20. The number of aryl methyl sites for hydroxylation is 1. The van der Waals surface area contributed by atoms with Crippen molar-refractivity contribution in [2.75, 3.05) is 13.1 Å². The quantitative estimate of drug-likeness (QED) is 0.780. The minimum absolute atomic E-state index is 0.223. The largest absolute Gasteiger partial charge is 0.481 e. The van der Waals surface area contributed by atoms with Crippen LogP contribution in [-0.2, 0) is 17.9 Å². The third-order valence-corrected chi connectivity index (χ3v) is 5.41. The van der Waals surface area contributed by atoms with E-state index in [1.807, 2.05) is 0 Å². The highest BCUT2D eigenvalue weighted by molar-refractivity contribution is 6.08. The molecule has 2 aromatic carbocycles. The predicted octanol–water partition coefficient (Wildman–Crippen LogP) is 4.11. The number of carboxylic acids is 1. The molecule has 0 radical (unpaired) electrons. The Morgan fingerprint density at radius 1 is 1.16 bits per heavy atom. The molecule has 0 saturated carbocycles. The van der Waals surface area contributed by atoms with Gasteiger partial charge in [0.1, 0.15) is 0 Å². The number of para-hydroxylation sites is 1. The molecule has 1 saturated heterocycles. The molecule has 0 spiro atoms. The Balaban J connectivity index is 1.67. The summed E-state index contributed by atoms with van der Waals surface area (Å²) in [6, 6.07) is 15.2. The molecule has 1 atom stereocenters. The Bertz CT molecular complexity index is 928. The molecule has 1 aliphatic rings. The lowest BCUT2D eigenvalue weighted by atomic mass is 9.97. The van der Waals surface area contributed by atoms with E-state index in [9.17, 15) is 9.90 Å². The Morgan fingerprint density at radius 3 is 2.76 bits per heavy atom. The summed E-state index contributed by atoms with van der Waals surface area (Å²) in [7, 11) is 0. The van der Waals surface area contributed by atoms with E-state index >= 15 is 0 Å². The summed E-state index contributed by atoms with van der Waals surface area (Å²) in [6.45, 7) is 5.60. The van der Waals surface area contributed by atoms with Crippen molar-refractivity contribution < 1.29 is 9.90 Å². The van der Waals surface area contributed by atoms with Gasteiger partial charge in [0, 0.05) is 41.4 Å². The monoisotopic (exact) mass is 336 g/mol. The van der Waals surface area contributed by atoms with Gasteiger partial charge in [-0.05, 0) is 50.1 Å². The van der Waals surface area contributed by atoms with Crippen LogP contribution >= 0.6 is 0 Å². The van der Waals surface area contributed by atoms with Crippen molar-refractivity contribution in [2.45, 2.75) is 32.9 Å². The number of rotatable bonds is 4. The van der Waals surface area contributed by atoms with Crippen molar-refractivity contribution in [3.8, 4) is 0 Å². The SMILES string of the molecule is CCn1c2ccccc2c2cc(CN3CCCC(C(=O)O)C3)ccc21. The van der Waals surface area contributed by atoms with Crippen molar-refractivity contribution in [1.29, 1.82) is 0 Å². The van der Waals surface area contributed by atoms with Crippen molar-refractivity contribution in [3.63, 3.8) is 0 Å². The number of hydrogen-bond acceptors (Lipinski definition) is 2. The Kier molecular flexibility index (Phi) is 4.22. The number of benzene rings is 2. The van der Waals surface area contributed by atoms with Crippen molar-refractivity contribution in [2.24, 2.45) is 5.92 Å². The van der Waals surface area contributed by atoms with Crippen LogP contribution in [0.3, 0.4) is 0 Å². The van der Waals surface area contributed by atoms with E-state index in [2.05, 4.69) is 58.9 Å². The van der Waals surface area contributed by atoms with Crippen LogP contribution in [0, 0.1) is 5.92 Å². The van der Waals surface area contributed by atoms with Crippen LogP contribution in [0.2, 0.25) is 0 Å². The molecule has 0 bridgehead atoms. The van der Waals surface area contributed by atoms with Crippen LogP contribution in [0.25, 0.3) is 21.8 Å². The second-order valence-electron chi connectivity index (χ2n) is 7.03. The first-order chi connectivity index (χ1) is 12.2. The maximum atomic E-state index is 11.3. The smallest absolute Gasteiger partial charge is 0.307 e. The van der Waals surface area contributed by atoms with Crippen LogP contribution in [-0.4, -0.2) is 33.6 Å². The molecule has 4 rings (SSSR count). The van der Waals surface area contributed by atoms with Gasteiger partial charge in [-0.2, -0.15) is 0 Å². The molecule has 1 aliphatic heterocycles. The van der Waals surface area contributed by atoms with E-state index in [1.54, 1.807) is 0 Å². The van der Waals surface area contributed by atoms with E-state index in [-0.39, 0.29) is 5.92 Å². The van der Waals surface area contributed by atoms with Gasteiger partial charge < -0.3 is 9.67 Å². The maximum absolute atomic E-state index is 11.3. The number of fused-ring (bicyclic) bond motifs is 3. The minimum atomic E-state index is -0.661. The number of piperidine rings is 1. The third-order valence-electron chi connectivity index (χ3n) is 5.41. The molecular weight excluding hydrogens is 312 g/mol. The van der Waals surface area contributed by atoms with E-state index in [0.717, 1.165) is 32.5 Å². The van der Waals surface area contributed by atoms with Gasteiger partial charge in [0.25, 0.3) is 0 Å². The molecule has 1 fully saturated rings. The molecule has 4 nitrogen and oxygen atoms in total. The highest BCUT2D eigenvalue weighted by Gasteiger charge is 2.25. The van der Waals surface area contributed by atoms with Gasteiger partial charge in [-0.3, -0.25) is 9.69 Å². The second-order valence-corrected chi connectivity index (χ2v) is 7.03. The highest BCUT2D eigenvalue weighted by Crippen LogP contribution is 2.30. The normalized spacial score (nSPS) is 18.8. The first kappa shape index (κ1) is 16.2. The maximum Gasteiger partial charge on any atom is 0.307 e. The lowest BCUT2D eigenvalue weighted by Gasteiger charge is -2.30. The van der Waals surface area contributed by atoms with Crippen LogP contribution in [0.5, 0.6) is 0 Å². The van der Waals surface area contributed by atoms with Gasteiger partial charge in [0.2, 0.25) is 0 Å². The number of aliphatic carboxylic acids is 1. The number of carboxylic acid groups (broad SMARTS) is 1. The molecule has 3 aromatic rings. The van der Waals surface area contributed by atoms with Crippen molar-refractivity contribution in [3.05, 3.63) is 48.0 Å². The minimum Gasteiger partial charge on any atom is -0.481 e. The summed E-state index contributed by atoms with van der Waals surface area (Å²) >= 11 is 0. The molecule has 1 aromatic heterocycles. The number of carbonyl (C=O) groups is 1. The second kappa shape index (κ2) is 6.52.